The molecule has 7 nitrogen and oxygen atoms in total. The summed E-state index contributed by atoms with van der Waals surface area (Å²) in [5.41, 5.74) is 1.40. The lowest BCUT2D eigenvalue weighted by atomic mass is 10.2. The lowest BCUT2D eigenvalue weighted by Crippen LogP contribution is -2.23. The smallest absolute Gasteiger partial charge is 0.291 e. The second kappa shape index (κ2) is 8.54. The third-order valence-corrected chi connectivity index (χ3v) is 5.45. The first-order valence-electron chi connectivity index (χ1n) is 9.49. The second-order valence-electron chi connectivity index (χ2n) is 6.53. The van der Waals surface area contributed by atoms with Gasteiger partial charge in [-0.15, -0.1) is 5.10 Å². The summed E-state index contributed by atoms with van der Waals surface area (Å²) in [5, 5.41) is 4.40. The topological polar surface area (TPSA) is 75.0 Å². The van der Waals surface area contributed by atoms with Gasteiger partial charge in [-0.25, -0.2) is 0 Å². The highest BCUT2D eigenvalue weighted by Crippen LogP contribution is 2.25. The first-order valence-corrected chi connectivity index (χ1v) is 10.3. The van der Waals surface area contributed by atoms with Crippen LogP contribution < -0.4 is 24.3 Å². The largest absolute Gasteiger partial charge is 0.497 e. The minimum Gasteiger partial charge on any atom is -0.497 e. The van der Waals surface area contributed by atoms with Crippen molar-refractivity contribution in [2.75, 3.05) is 20.8 Å². The molecule has 0 radical (unpaired) electrons. The van der Waals surface area contributed by atoms with Gasteiger partial charge in [0.2, 0.25) is 4.96 Å². The summed E-state index contributed by atoms with van der Waals surface area (Å²) in [6, 6.07) is 13.0. The van der Waals surface area contributed by atoms with E-state index < -0.39 is 0 Å². The average molecular weight is 423 g/mol. The van der Waals surface area contributed by atoms with Crippen molar-refractivity contribution in [1.82, 2.24) is 14.6 Å². The molecule has 0 amide bonds. The van der Waals surface area contributed by atoms with Gasteiger partial charge < -0.3 is 14.2 Å². The minimum atomic E-state index is -0.213. The molecule has 0 saturated heterocycles. The summed E-state index contributed by atoms with van der Waals surface area (Å²) in [4.78, 5) is 17.9. The Morgan fingerprint density at radius 3 is 2.50 bits per heavy atom. The van der Waals surface area contributed by atoms with E-state index in [0.29, 0.717) is 33.4 Å². The Kier molecular flexibility index (Phi) is 5.67. The normalized spacial score (nSPS) is 11.8. The third kappa shape index (κ3) is 3.86. The van der Waals surface area contributed by atoms with Crippen molar-refractivity contribution in [2.45, 2.75) is 13.3 Å². The van der Waals surface area contributed by atoms with Gasteiger partial charge in [0.25, 0.3) is 5.56 Å². The molecule has 154 valence electrons. The molecular formula is C22H21N3O4S. The number of ether oxygens (including phenoxy) is 3. The van der Waals surface area contributed by atoms with E-state index in [2.05, 4.69) is 17.0 Å². The fourth-order valence-corrected chi connectivity index (χ4v) is 3.85. The summed E-state index contributed by atoms with van der Waals surface area (Å²) in [7, 11) is 3.18. The molecule has 0 N–H and O–H groups in total. The Balaban J connectivity index is 1.68. The van der Waals surface area contributed by atoms with E-state index in [1.807, 2.05) is 36.4 Å². The van der Waals surface area contributed by atoms with Gasteiger partial charge in [-0.2, -0.15) is 9.50 Å². The van der Waals surface area contributed by atoms with Crippen LogP contribution in [0.4, 0.5) is 0 Å². The van der Waals surface area contributed by atoms with Gasteiger partial charge in [0.05, 0.1) is 25.4 Å². The molecule has 2 aromatic carbocycles. The van der Waals surface area contributed by atoms with E-state index >= 15 is 0 Å². The highest BCUT2D eigenvalue weighted by atomic mass is 32.1. The summed E-state index contributed by atoms with van der Waals surface area (Å²) in [5.74, 6) is 2.62. The van der Waals surface area contributed by atoms with E-state index in [4.69, 9.17) is 14.2 Å². The third-order valence-electron chi connectivity index (χ3n) is 4.49. The van der Waals surface area contributed by atoms with E-state index in [9.17, 15) is 4.79 Å². The number of nitrogens with zero attached hydrogens (tertiary/aromatic N) is 3. The number of rotatable bonds is 7. The maximum Gasteiger partial charge on any atom is 0.291 e. The summed E-state index contributed by atoms with van der Waals surface area (Å²) in [6.07, 6.45) is 2.73. The Labute approximate surface area is 177 Å². The van der Waals surface area contributed by atoms with Gasteiger partial charge in [-0.3, -0.25) is 4.79 Å². The van der Waals surface area contributed by atoms with Gasteiger partial charge in [0.1, 0.15) is 17.2 Å². The molecule has 0 bridgehead atoms. The molecule has 2 heterocycles. The van der Waals surface area contributed by atoms with E-state index in [1.165, 1.54) is 15.9 Å². The predicted octanol–water partition coefficient (Wildman–Crippen LogP) is 3.17. The Bertz CT molecular complexity index is 1280. The van der Waals surface area contributed by atoms with Gasteiger partial charge in [-0.05, 0) is 48.9 Å². The van der Waals surface area contributed by atoms with Crippen LogP contribution in [0.1, 0.15) is 18.9 Å². The van der Waals surface area contributed by atoms with E-state index in [-0.39, 0.29) is 5.56 Å². The van der Waals surface area contributed by atoms with Crippen molar-refractivity contribution in [3.8, 4) is 28.6 Å². The van der Waals surface area contributed by atoms with Crippen LogP contribution in [-0.4, -0.2) is 35.4 Å². The number of methoxy groups -OCH3 is 2. The van der Waals surface area contributed by atoms with Crippen LogP contribution in [0.25, 0.3) is 22.4 Å². The number of hydrogen-bond donors (Lipinski definition) is 0. The molecule has 0 fully saturated rings. The Morgan fingerprint density at radius 2 is 1.83 bits per heavy atom. The van der Waals surface area contributed by atoms with Crippen LogP contribution in [0.5, 0.6) is 17.2 Å². The molecule has 4 rings (SSSR count). The maximum atomic E-state index is 12.8. The Hall–Kier alpha value is -3.39. The lowest BCUT2D eigenvalue weighted by Gasteiger charge is -2.06. The molecule has 2 aromatic heterocycles. The molecule has 4 aromatic rings. The first-order chi connectivity index (χ1) is 14.6. The fraction of sp³-hybridized carbons (Fsp3) is 0.227. The Morgan fingerprint density at radius 1 is 1.07 bits per heavy atom. The quantitative estimate of drug-likeness (QED) is 0.455. The molecule has 0 spiro atoms. The molecule has 0 aliphatic heterocycles. The molecule has 0 unspecified atom stereocenters. The van der Waals surface area contributed by atoms with Crippen LogP contribution >= 0.6 is 11.3 Å². The van der Waals surface area contributed by atoms with E-state index in [0.717, 1.165) is 23.3 Å². The molecule has 30 heavy (non-hydrogen) atoms. The molecule has 8 heteroatoms. The monoisotopic (exact) mass is 423 g/mol. The molecule has 0 aliphatic rings. The van der Waals surface area contributed by atoms with Gasteiger partial charge in [0, 0.05) is 17.2 Å². The maximum absolute atomic E-state index is 12.8. The van der Waals surface area contributed by atoms with E-state index in [1.54, 1.807) is 26.4 Å². The zero-order valence-electron chi connectivity index (χ0n) is 16.9. The van der Waals surface area contributed by atoms with Crippen LogP contribution in [0.2, 0.25) is 0 Å². The zero-order chi connectivity index (χ0) is 21.1. The highest BCUT2D eigenvalue weighted by molar-refractivity contribution is 7.15. The van der Waals surface area contributed by atoms with Crippen LogP contribution in [0, 0.1) is 0 Å². The zero-order valence-corrected chi connectivity index (χ0v) is 17.7. The number of aromatic nitrogens is 3. The number of benzene rings is 2. The fourth-order valence-electron chi connectivity index (χ4n) is 2.96. The molecule has 0 atom stereocenters. The number of thiazole rings is 1. The average Bonchev–Trinajstić information content (AvgIpc) is 3.32. The van der Waals surface area contributed by atoms with Crippen molar-refractivity contribution in [1.29, 1.82) is 0 Å². The first kappa shape index (κ1) is 19.9. The van der Waals surface area contributed by atoms with Crippen LogP contribution in [-0.2, 0) is 0 Å². The van der Waals surface area contributed by atoms with Crippen molar-refractivity contribution < 1.29 is 14.2 Å². The molecular weight excluding hydrogens is 402 g/mol. The SMILES string of the molecule is CCCOc1ccc(-c2nc3sc(=Cc4ccc(OC)cc4OC)c(=O)n3n2)cc1. The predicted molar refractivity (Wildman–Crippen MR) is 117 cm³/mol. The lowest BCUT2D eigenvalue weighted by molar-refractivity contribution is 0.317. The standard InChI is InChI=1S/C22H21N3O4S/c1-4-11-29-16-8-5-14(6-9-16)20-23-22-25(24-20)21(26)19(30-22)12-15-7-10-17(27-2)13-18(15)28-3/h5-10,12-13H,4,11H2,1-3H3. The number of fused-ring (bicyclic) bond motifs is 1. The second-order valence-corrected chi connectivity index (χ2v) is 7.54. The van der Waals surface area contributed by atoms with Crippen LogP contribution in [0.3, 0.4) is 0 Å². The van der Waals surface area contributed by atoms with Crippen molar-refractivity contribution >= 4 is 22.4 Å². The van der Waals surface area contributed by atoms with Crippen LogP contribution in [0.15, 0.2) is 47.3 Å². The molecule has 0 saturated carbocycles. The van der Waals surface area contributed by atoms with Crippen molar-refractivity contribution in [3.05, 3.63) is 62.9 Å². The summed E-state index contributed by atoms with van der Waals surface area (Å²) >= 11 is 1.29. The van der Waals surface area contributed by atoms with Crippen molar-refractivity contribution in [2.24, 2.45) is 0 Å². The molecule has 0 aliphatic carbocycles. The van der Waals surface area contributed by atoms with Crippen molar-refractivity contribution in [3.63, 3.8) is 0 Å². The highest BCUT2D eigenvalue weighted by Gasteiger charge is 2.13. The van der Waals surface area contributed by atoms with Gasteiger partial charge >= 0.3 is 0 Å². The minimum absolute atomic E-state index is 0.213. The van der Waals surface area contributed by atoms with Gasteiger partial charge in [-0.1, -0.05) is 18.3 Å². The summed E-state index contributed by atoms with van der Waals surface area (Å²) in [6.45, 7) is 2.74. The summed E-state index contributed by atoms with van der Waals surface area (Å²) < 4.78 is 18.1. The van der Waals surface area contributed by atoms with Gasteiger partial charge in [0.15, 0.2) is 5.82 Å². The number of hydrogen-bond acceptors (Lipinski definition) is 7.